The van der Waals surface area contributed by atoms with E-state index in [-0.39, 0.29) is 57.1 Å². The zero-order chi connectivity index (χ0) is 24.6. The molecule has 0 saturated carbocycles. The molecule has 2 aromatic carbocycles. The second kappa shape index (κ2) is 11.8. The van der Waals surface area contributed by atoms with Crippen molar-refractivity contribution in [2.75, 3.05) is 11.1 Å². The molecule has 12 nitrogen and oxygen atoms in total. The predicted molar refractivity (Wildman–Crippen MR) is 116 cm³/mol. The second-order valence-electron chi connectivity index (χ2n) is 6.09. The van der Waals surface area contributed by atoms with Crippen LogP contribution in [0.5, 0.6) is 0 Å². The number of nitro groups is 2. The number of ether oxygens (including phenoxy) is 1. The van der Waals surface area contributed by atoms with Gasteiger partial charge in [-0.15, -0.1) is 0 Å². The minimum Gasteiger partial charge on any atom is -0.461 e. The molecule has 0 aliphatic heterocycles. The van der Waals surface area contributed by atoms with Crippen molar-refractivity contribution in [1.29, 1.82) is 0 Å². The SMILES string of the molecule is CC(=O)Nc1c(COC(C)=O)cc(Cl)cc1[N+](=O)[O-].Nc1c(CO)cc(Cl)cc1[N+](=O)[O-]. The molecule has 1 amide bonds. The van der Waals surface area contributed by atoms with Gasteiger partial charge < -0.3 is 20.9 Å². The van der Waals surface area contributed by atoms with E-state index in [9.17, 15) is 29.8 Å². The lowest BCUT2D eigenvalue weighted by atomic mass is 10.1. The molecule has 0 radical (unpaired) electrons. The topological polar surface area (TPSA) is 188 Å². The van der Waals surface area contributed by atoms with Crippen molar-refractivity contribution in [3.05, 3.63) is 65.7 Å². The minimum absolute atomic E-state index is 0.0249. The zero-order valence-corrected chi connectivity index (χ0v) is 18.3. The maximum atomic E-state index is 11.1. The first-order valence-corrected chi connectivity index (χ1v) is 9.33. The molecule has 0 spiro atoms. The van der Waals surface area contributed by atoms with Crippen molar-refractivity contribution in [3.63, 3.8) is 0 Å². The van der Waals surface area contributed by atoms with Crippen molar-refractivity contribution in [2.24, 2.45) is 0 Å². The van der Waals surface area contributed by atoms with E-state index >= 15 is 0 Å². The normalized spacial score (nSPS) is 9.91. The molecule has 172 valence electrons. The summed E-state index contributed by atoms with van der Waals surface area (Å²) < 4.78 is 4.77. The number of halogens is 2. The first kappa shape index (κ1) is 26.6. The van der Waals surface area contributed by atoms with Gasteiger partial charge in [0.15, 0.2) is 0 Å². The van der Waals surface area contributed by atoms with Gasteiger partial charge in [-0.05, 0) is 12.1 Å². The van der Waals surface area contributed by atoms with Crippen molar-refractivity contribution in [2.45, 2.75) is 27.1 Å². The number of nitrogens with two attached hydrogens (primary N) is 1. The van der Waals surface area contributed by atoms with Crippen molar-refractivity contribution in [1.82, 2.24) is 0 Å². The third-order valence-electron chi connectivity index (χ3n) is 3.67. The average molecular weight is 489 g/mol. The van der Waals surface area contributed by atoms with Gasteiger partial charge in [-0.25, -0.2) is 0 Å². The lowest BCUT2D eigenvalue weighted by Gasteiger charge is -2.11. The van der Waals surface area contributed by atoms with Gasteiger partial charge in [0, 0.05) is 47.2 Å². The van der Waals surface area contributed by atoms with Crippen LogP contribution in [0.25, 0.3) is 0 Å². The molecule has 2 rings (SSSR count). The third-order valence-corrected chi connectivity index (χ3v) is 4.10. The maximum Gasteiger partial charge on any atom is 0.302 e. The van der Waals surface area contributed by atoms with Gasteiger partial charge in [-0.2, -0.15) is 0 Å². The number of nitrogen functional groups attached to an aromatic ring is 1. The van der Waals surface area contributed by atoms with Gasteiger partial charge in [0.25, 0.3) is 11.4 Å². The van der Waals surface area contributed by atoms with Crippen LogP contribution in [0.1, 0.15) is 25.0 Å². The summed E-state index contributed by atoms with van der Waals surface area (Å²) in [6, 6.07) is 5.05. The fourth-order valence-corrected chi connectivity index (χ4v) is 2.82. The second-order valence-corrected chi connectivity index (χ2v) is 6.96. The number of nitro benzene ring substituents is 2. The lowest BCUT2D eigenvalue weighted by molar-refractivity contribution is -0.384. The summed E-state index contributed by atoms with van der Waals surface area (Å²) in [5.41, 5.74) is 5.21. The largest absolute Gasteiger partial charge is 0.461 e. The van der Waals surface area contributed by atoms with E-state index in [2.05, 4.69) is 5.32 Å². The zero-order valence-electron chi connectivity index (χ0n) is 16.8. The van der Waals surface area contributed by atoms with Crippen LogP contribution in [0.4, 0.5) is 22.7 Å². The fraction of sp³-hybridized carbons (Fsp3) is 0.222. The van der Waals surface area contributed by atoms with Gasteiger partial charge in [-0.3, -0.25) is 29.8 Å². The highest BCUT2D eigenvalue weighted by atomic mass is 35.5. The molecule has 0 aliphatic carbocycles. The summed E-state index contributed by atoms with van der Waals surface area (Å²) in [4.78, 5) is 41.9. The van der Waals surface area contributed by atoms with Gasteiger partial charge in [0.1, 0.15) is 18.0 Å². The van der Waals surface area contributed by atoms with Crippen LogP contribution in [-0.2, 0) is 27.5 Å². The molecule has 0 heterocycles. The smallest absolute Gasteiger partial charge is 0.302 e. The van der Waals surface area contributed by atoms with Gasteiger partial charge in [-0.1, -0.05) is 23.2 Å². The molecule has 0 unspecified atom stereocenters. The standard InChI is InChI=1S/C11H11ClN2O5.C7H7ClN2O3/c1-6(15)13-11-8(5-19-7(2)16)3-9(12)4-10(11)14(17)18;8-5-1-4(3-11)7(9)6(2-5)10(12)13/h3-4H,5H2,1-2H3,(H,13,15);1-2,11H,3,9H2. The van der Waals surface area contributed by atoms with Crippen LogP contribution in [0, 0.1) is 20.2 Å². The summed E-state index contributed by atoms with van der Waals surface area (Å²) in [5, 5.41) is 32.8. The maximum absolute atomic E-state index is 11.1. The Labute approximate surface area is 191 Å². The van der Waals surface area contributed by atoms with E-state index in [0.717, 1.165) is 12.1 Å². The Balaban J connectivity index is 0.000000343. The number of carbonyl (C=O) groups is 2. The first-order chi connectivity index (χ1) is 14.9. The van der Waals surface area contributed by atoms with E-state index in [1.807, 2.05) is 0 Å². The predicted octanol–water partition coefficient (Wildman–Crippen LogP) is 3.59. The van der Waals surface area contributed by atoms with Crippen molar-refractivity contribution < 1.29 is 29.3 Å². The molecule has 0 aromatic heterocycles. The van der Waals surface area contributed by atoms with Crippen LogP contribution in [0.2, 0.25) is 10.0 Å². The molecule has 32 heavy (non-hydrogen) atoms. The fourth-order valence-electron chi connectivity index (χ4n) is 2.35. The van der Waals surface area contributed by atoms with E-state index in [0.29, 0.717) is 0 Å². The first-order valence-electron chi connectivity index (χ1n) is 8.58. The Morgan fingerprint density at radius 3 is 1.97 bits per heavy atom. The highest BCUT2D eigenvalue weighted by Crippen LogP contribution is 2.33. The van der Waals surface area contributed by atoms with Gasteiger partial charge in [0.2, 0.25) is 5.91 Å². The molecule has 0 atom stereocenters. The Bertz CT molecular complexity index is 1060. The van der Waals surface area contributed by atoms with Crippen LogP contribution in [0.3, 0.4) is 0 Å². The molecule has 0 aliphatic rings. The Morgan fingerprint density at radius 2 is 1.53 bits per heavy atom. The summed E-state index contributed by atoms with van der Waals surface area (Å²) in [6.07, 6.45) is 0. The number of aliphatic hydroxyl groups excluding tert-OH is 1. The third kappa shape index (κ3) is 7.65. The average Bonchev–Trinajstić information content (AvgIpc) is 2.68. The number of carbonyl (C=O) groups excluding carboxylic acids is 2. The van der Waals surface area contributed by atoms with Gasteiger partial charge >= 0.3 is 5.97 Å². The molecule has 14 heteroatoms. The highest BCUT2D eigenvalue weighted by Gasteiger charge is 2.21. The van der Waals surface area contributed by atoms with Crippen LogP contribution in [-0.4, -0.2) is 26.8 Å². The summed E-state index contributed by atoms with van der Waals surface area (Å²) in [6.45, 7) is 1.84. The van der Waals surface area contributed by atoms with Crippen LogP contribution >= 0.6 is 23.2 Å². The quantitative estimate of drug-likeness (QED) is 0.236. The number of anilines is 2. The molecular formula is C18H18Cl2N4O8. The number of aliphatic hydroxyl groups is 1. The minimum atomic E-state index is -0.672. The number of hydrogen-bond acceptors (Lipinski definition) is 9. The van der Waals surface area contributed by atoms with Crippen molar-refractivity contribution in [3.8, 4) is 0 Å². The number of benzene rings is 2. The van der Waals surface area contributed by atoms with Gasteiger partial charge in [0.05, 0.1) is 16.5 Å². The Morgan fingerprint density at radius 1 is 1.03 bits per heavy atom. The monoisotopic (exact) mass is 488 g/mol. The van der Waals surface area contributed by atoms with Crippen LogP contribution in [0.15, 0.2) is 24.3 Å². The summed E-state index contributed by atoms with van der Waals surface area (Å²) in [7, 11) is 0. The van der Waals surface area contributed by atoms with E-state index in [1.54, 1.807) is 0 Å². The number of hydrogen-bond donors (Lipinski definition) is 3. The van der Waals surface area contributed by atoms with E-state index in [1.165, 1.54) is 26.0 Å². The highest BCUT2D eigenvalue weighted by molar-refractivity contribution is 6.31. The van der Waals surface area contributed by atoms with Crippen LogP contribution < -0.4 is 11.1 Å². The Kier molecular flexibility index (Phi) is 9.78. The summed E-state index contributed by atoms with van der Waals surface area (Å²) >= 11 is 11.3. The molecule has 0 saturated heterocycles. The molecule has 0 fully saturated rings. The molecule has 2 aromatic rings. The van der Waals surface area contributed by atoms with E-state index < -0.39 is 21.7 Å². The molecular weight excluding hydrogens is 471 g/mol. The number of nitrogens with zero attached hydrogens (tertiary/aromatic N) is 2. The van der Waals surface area contributed by atoms with Crippen molar-refractivity contribution >= 4 is 57.8 Å². The lowest BCUT2D eigenvalue weighted by Crippen LogP contribution is -2.12. The number of nitrogens with one attached hydrogen (secondary N) is 1. The number of esters is 1. The van der Waals surface area contributed by atoms with E-state index in [4.69, 9.17) is 38.8 Å². The molecule has 4 N–H and O–H groups in total. The number of amides is 1. The molecule has 0 bridgehead atoms. The Hall–Kier alpha value is -3.48. The number of rotatable bonds is 6. The summed E-state index contributed by atoms with van der Waals surface area (Å²) in [5.74, 6) is -1.02.